The topological polar surface area (TPSA) is 90.4 Å². The van der Waals surface area contributed by atoms with E-state index in [1.807, 2.05) is 18.7 Å². The normalized spacial score (nSPS) is 34.3. The van der Waals surface area contributed by atoms with Crippen LogP contribution in [0.2, 0.25) is 0 Å². The summed E-state index contributed by atoms with van der Waals surface area (Å²) in [6, 6.07) is -0.703. The van der Waals surface area contributed by atoms with Crippen LogP contribution in [0.1, 0.15) is 72.1 Å². The second-order valence-electron chi connectivity index (χ2n) is 12.0. The lowest BCUT2D eigenvalue weighted by molar-refractivity contribution is -0.156. The smallest absolute Gasteiger partial charge is 0.248 e. The molecule has 0 aromatic heterocycles. The molecule has 4 rings (SSSR count). The van der Waals surface area contributed by atoms with Crippen molar-refractivity contribution in [3.8, 4) is 0 Å². The Morgan fingerprint density at radius 2 is 1.84 bits per heavy atom. The van der Waals surface area contributed by atoms with Gasteiger partial charge in [-0.3, -0.25) is 14.4 Å². The zero-order valence-electron chi connectivity index (χ0n) is 23.6. The highest BCUT2D eigenvalue weighted by Gasteiger charge is 2.80. The van der Waals surface area contributed by atoms with Gasteiger partial charge in [-0.05, 0) is 44.9 Å². The molecule has 1 saturated carbocycles. The molecule has 6 atom stereocenters. The van der Waals surface area contributed by atoms with E-state index in [1.165, 1.54) is 6.42 Å². The summed E-state index contributed by atoms with van der Waals surface area (Å²) >= 11 is 0. The minimum absolute atomic E-state index is 0.00309. The van der Waals surface area contributed by atoms with Crippen molar-refractivity contribution in [2.45, 2.75) is 95.4 Å². The average molecular weight is 530 g/mol. The molecule has 4 fully saturated rings. The Kier molecular flexibility index (Phi) is 8.72. The van der Waals surface area contributed by atoms with Crippen LogP contribution < -0.4 is 0 Å². The quantitative estimate of drug-likeness (QED) is 0.392. The second-order valence-corrected chi connectivity index (χ2v) is 12.0. The first-order chi connectivity index (χ1) is 18.2. The maximum atomic E-state index is 14.5. The van der Waals surface area contributed by atoms with Crippen LogP contribution in [0.3, 0.4) is 0 Å². The summed E-state index contributed by atoms with van der Waals surface area (Å²) in [5.41, 5.74) is -1.89. The van der Waals surface area contributed by atoms with Crippen molar-refractivity contribution in [1.82, 2.24) is 14.7 Å². The number of aliphatic hydroxyl groups is 1. The summed E-state index contributed by atoms with van der Waals surface area (Å²) in [4.78, 5) is 48.2. The minimum Gasteiger partial charge on any atom is -0.396 e. The summed E-state index contributed by atoms with van der Waals surface area (Å²) < 4.78 is 6.88. The largest absolute Gasteiger partial charge is 0.396 e. The Bertz CT molecular complexity index is 933. The summed E-state index contributed by atoms with van der Waals surface area (Å²) in [6.45, 7) is 15.4. The van der Waals surface area contributed by atoms with Crippen LogP contribution in [-0.4, -0.2) is 93.6 Å². The van der Waals surface area contributed by atoms with Gasteiger partial charge in [0.2, 0.25) is 17.7 Å². The van der Waals surface area contributed by atoms with E-state index in [1.54, 1.807) is 22.0 Å². The number of hydrogen-bond acceptors (Lipinski definition) is 5. The number of rotatable bonds is 12. The molecule has 3 unspecified atom stereocenters. The molecule has 38 heavy (non-hydrogen) atoms. The third-order valence-electron chi connectivity index (χ3n) is 9.65. The number of fused-ring (bicyclic) bond motifs is 1. The fourth-order valence-electron chi connectivity index (χ4n) is 7.90. The highest BCUT2D eigenvalue weighted by atomic mass is 16.5. The molecule has 0 aromatic carbocycles. The van der Waals surface area contributed by atoms with E-state index in [2.05, 4.69) is 20.1 Å². The van der Waals surface area contributed by atoms with Crippen LogP contribution in [0.15, 0.2) is 25.3 Å². The number of nitrogens with zero attached hydrogens (tertiary/aromatic N) is 3. The van der Waals surface area contributed by atoms with Gasteiger partial charge in [-0.2, -0.15) is 0 Å². The number of likely N-dealkylation sites (tertiary alicyclic amines) is 1. The fraction of sp³-hybridized carbons (Fsp3) is 0.767. The van der Waals surface area contributed by atoms with Gasteiger partial charge < -0.3 is 24.5 Å². The van der Waals surface area contributed by atoms with Gasteiger partial charge in [0.05, 0.1) is 17.4 Å². The molecular formula is C30H47N3O5. The third-order valence-corrected chi connectivity index (χ3v) is 9.65. The first-order valence-corrected chi connectivity index (χ1v) is 14.6. The van der Waals surface area contributed by atoms with Crippen LogP contribution in [0.4, 0.5) is 0 Å². The van der Waals surface area contributed by atoms with Crippen LogP contribution in [0.25, 0.3) is 0 Å². The molecule has 1 N–H and O–H groups in total. The van der Waals surface area contributed by atoms with Crippen molar-refractivity contribution in [2.75, 3.05) is 32.8 Å². The zero-order chi connectivity index (χ0) is 27.7. The molecule has 1 aliphatic carbocycles. The summed E-state index contributed by atoms with van der Waals surface area (Å²) in [5.74, 6) is -1.77. The van der Waals surface area contributed by atoms with Gasteiger partial charge in [0.25, 0.3) is 0 Å². The molecule has 0 aromatic rings. The van der Waals surface area contributed by atoms with E-state index in [0.29, 0.717) is 32.5 Å². The summed E-state index contributed by atoms with van der Waals surface area (Å²) in [7, 11) is 0. The molecule has 1 spiro atoms. The third kappa shape index (κ3) is 4.51. The van der Waals surface area contributed by atoms with E-state index < -0.39 is 29.1 Å². The second kappa shape index (κ2) is 11.5. The first-order valence-electron chi connectivity index (χ1n) is 14.6. The van der Waals surface area contributed by atoms with Crippen LogP contribution >= 0.6 is 0 Å². The van der Waals surface area contributed by atoms with E-state index in [-0.39, 0.29) is 42.8 Å². The van der Waals surface area contributed by atoms with Crippen LogP contribution in [0, 0.1) is 17.8 Å². The van der Waals surface area contributed by atoms with Crippen molar-refractivity contribution in [3.05, 3.63) is 25.3 Å². The van der Waals surface area contributed by atoms with Gasteiger partial charge in [0.15, 0.2) is 0 Å². The molecule has 212 valence electrons. The molecule has 3 heterocycles. The molecule has 2 bridgehead atoms. The van der Waals surface area contributed by atoms with E-state index >= 15 is 0 Å². The monoisotopic (exact) mass is 529 g/mol. The predicted molar refractivity (Wildman–Crippen MR) is 146 cm³/mol. The maximum absolute atomic E-state index is 14.5. The summed E-state index contributed by atoms with van der Waals surface area (Å²) in [6.07, 6.45) is 10.4. The number of ether oxygens (including phenoxy) is 1. The van der Waals surface area contributed by atoms with Gasteiger partial charge >= 0.3 is 0 Å². The Labute approximate surface area is 228 Å². The highest BCUT2D eigenvalue weighted by Crippen LogP contribution is 2.65. The molecule has 0 radical (unpaired) electrons. The molecule has 8 heteroatoms. The Hall–Kier alpha value is -2.19. The lowest BCUT2D eigenvalue weighted by Gasteiger charge is -2.41. The van der Waals surface area contributed by atoms with Gasteiger partial charge in [0.1, 0.15) is 11.6 Å². The van der Waals surface area contributed by atoms with Gasteiger partial charge in [0, 0.05) is 38.8 Å². The van der Waals surface area contributed by atoms with Gasteiger partial charge in [-0.1, -0.05) is 45.3 Å². The molecule has 4 aliphatic rings. The number of hydrogen-bond donors (Lipinski definition) is 1. The average Bonchev–Trinajstić information content (AvgIpc) is 3.42. The van der Waals surface area contributed by atoms with Crippen LogP contribution in [-0.2, 0) is 19.1 Å². The maximum Gasteiger partial charge on any atom is 0.248 e. The van der Waals surface area contributed by atoms with Crippen molar-refractivity contribution in [3.63, 3.8) is 0 Å². The summed E-state index contributed by atoms with van der Waals surface area (Å²) in [5, 5.41) is 9.63. The Balaban J connectivity index is 1.78. The van der Waals surface area contributed by atoms with E-state index in [9.17, 15) is 19.5 Å². The lowest BCUT2D eigenvalue weighted by atomic mass is 9.62. The SMILES string of the molecule is C=CCN(CCC)C(=O)[C@H]1[C@H]2C(=O)N(CCCO)C(C(=O)N(CC=C)C3CCCCC3)C23CC(C)[C@]1(C)O3. The molecule has 3 amide bonds. The molecular weight excluding hydrogens is 482 g/mol. The fourth-order valence-corrected chi connectivity index (χ4v) is 7.90. The minimum atomic E-state index is -1.06. The predicted octanol–water partition coefficient (Wildman–Crippen LogP) is 3.15. The number of carbonyl (C=O) groups excluding carboxylic acids is 3. The first kappa shape index (κ1) is 28.8. The van der Waals surface area contributed by atoms with Crippen LogP contribution in [0.5, 0.6) is 0 Å². The molecule has 8 nitrogen and oxygen atoms in total. The van der Waals surface area contributed by atoms with Crippen molar-refractivity contribution in [2.24, 2.45) is 17.8 Å². The molecule has 3 aliphatic heterocycles. The van der Waals surface area contributed by atoms with Crippen molar-refractivity contribution < 1.29 is 24.2 Å². The van der Waals surface area contributed by atoms with E-state index in [0.717, 1.165) is 32.1 Å². The van der Waals surface area contributed by atoms with E-state index in [4.69, 9.17) is 4.74 Å². The van der Waals surface area contributed by atoms with Crippen molar-refractivity contribution in [1.29, 1.82) is 0 Å². The lowest BCUT2D eigenvalue weighted by Crippen LogP contribution is -2.58. The Morgan fingerprint density at radius 1 is 1.16 bits per heavy atom. The number of aliphatic hydroxyl groups excluding tert-OH is 1. The Morgan fingerprint density at radius 3 is 2.45 bits per heavy atom. The number of carbonyl (C=O) groups is 3. The van der Waals surface area contributed by atoms with Gasteiger partial charge in [-0.15, -0.1) is 13.2 Å². The van der Waals surface area contributed by atoms with Crippen molar-refractivity contribution >= 4 is 17.7 Å². The standard InChI is InChI=1S/C30H47N3O5/c1-6-15-31(16-7-2)26(35)23-24-27(36)33(18-12-19-34)25(30(24)20-21(4)29(23,5)38-30)28(37)32(17-8-3)22-13-10-9-11-14-22/h6,8,21-25,34H,1,3,7,9-20H2,2,4-5H3/t21?,23-,24+,25?,29+,30?/m1/s1. The zero-order valence-corrected chi connectivity index (χ0v) is 23.6. The molecule has 3 saturated heterocycles. The highest BCUT2D eigenvalue weighted by molar-refractivity contribution is 5.99. The van der Waals surface area contributed by atoms with Gasteiger partial charge in [-0.25, -0.2) is 0 Å². The number of amides is 3.